The maximum Gasteiger partial charge on any atom is 0.220 e. The first-order valence-corrected chi connectivity index (χ1v) is 28.4. The highest BCUT2D eigenvalue weighted by Gasteiger charge is 2.51. The van der Waals surface area contributed by atoms with E-state index in [1.165, 1.54) is 141 Å². The largest absolute Gasteiger partial charge is 0.394 e. The van der Waals surface area contributed by atoms with Crippen LogP contribution in [0.5, 0.6) is 0 Å². The van der Waals surface area contributed by atoms with E-state index in [-0.39, 0.29) is 12.5 Å². The van der Waals surface area contributed by atoms with Crippen LogP contribution in [0.2, 0.25) is 0 Å². The van der Waals surface area contributed by atoms with Crippen molar-refractivity contribution in [2.24, 2.45) is 0 Å². The van der Waals surface area contributed by atoms with Crippen LogP contribution in [0.25, 0.3) is 0 Å². The second-order valence-corrected chi connectivity index (χ2v) is 20.4. The van der Waals surface area contributed by atoms with E-state index in [0.29, 0.717) is 19.3 Å². The Morgan fingerprint density at radius 2 is 0.928 bits per heavy atom. The van der Waals surface area contributed by atoms with Crippen molar-refractivity contribution in [1.29, 1.82) is 0 Å². The summed E-state index contributed by atoms with van der Waals surface area (Å²) in [6.07, 6.45) is 29.4. The van der Waals surface area contributed by atoms with Gasteiger partial charge in [-0.1, -0.05) is 212 Å². The molecule has 2 rings (SSSR count). The molecule has 0 spiro atoms. The Hall–Kier alpha value is -1.27. The Bertz CT molecular complexity index is 1210. The van der Waals surface area contributed by atoms with Crippen molar-refractivity contribution in [2.45, 2.75) is 312 Å². The van der Waals surface area contributed by atoms with E-state index in [1.54, 1.807) is 0 Å². The number of carbonyl (C=O) groups is 1. The molecule has 0 aromatic rings. The minimum atomic E-state index is -1.78. The van der Waals surface area contributed by atoms with E-state index in [2.05, 4.69) is 31.3 Å². The molecule has 0 radical (unpaired) electrons. The number of ether oxygens (including phenoxy) is 4. The molecule has 12 unspecified atom stereocenters. The van der Waals surface area contributed by atoms with Gasteiger partial charge in [0.25, 0.3) is 0 Å². The maximum absolute atomic E-state index is 13.2. The normalized spacial score (nSPS) is 26.2. The van der Waals surface area contributed by atoms with Gasteiger partial charge in [-0.05, 0) is 32.1 Å². The summed E-state index contributed by atoms with van der Waals surface area (Å²) >= 11 is 0. The van der Waals surface area contributed by atoms with Gasteiger partial charge in [0.2, 0.25) is 5.91 Å². The van der Waals surface area contributed by atoms with E-state index in [9.17, 15) is 45.6 Å². The lowest BCUT2D eigenvalue weighted by atomic mass is 9.97. The zero-order valence-corrected chi connectivity index (χ0v) is 43.6. The number of nitrogens with one attached hydrogen (secondary N) is 1. The Labute approximate surface area is 418 Å². The number of allylic oxidation sites excluding steroid dienone is 2. The second kappa shape index (κ2) is 42.1. The molecule has 1 amide bonds. The van der Waals surface area contributed by atoms with Gasteiger partial charge in [0.1, 0.15) is 48.8 Å². The summed E-state index contributed by atoms with van der Waals surface area (Å²) in [6.45, 7) is 2.82. The fourth-order valence-electron chi connectivity index (χ4n) is 9.57. The standard InChI is InChI=1S/C55H105NO13/c1-3-5-7-9-11-13-15-16-17-18-19-20-21-22-23-24-25-26-27-29-30-32-34-36-38-44(59)43(56-47(60)39-37-35-33-31-28-14-12-10-8-6-4-2)42-66-54-52(65)50(63)53(46(41-58)68-54)69-55-51(64)49(62)48(61)45(40-57)67-55/h10,12,43-46,48-55,57-59,61-65H,3-9,11,13-42H2,1-2H3,(H,56,60)/b12-10-. The quantitative estimate of drug-likeness (QED) is 0.0206. The molecule has 2 aliphatic heterocycles. The highest BCUT2D eigenvalue weighted by atomic mass is 16.7. The Balaban J connectivity index is 1.72. The summed E-state index contributed by atoms with van der Waals surface area (Å²) in [5.41, 5.74) is 0. The van der Waals surface area contributed by atoms with E-state index >= 15 is 0 Å². The van der Waals surface area contributed by atoms with Gasteiger partial charge in [-0.15, -0.1) is 0 Å². The average molecular weight is 988 g/mol. The van der Waals surface area contributed by atoms with Gasteiger partial charge in [0.05, 0.1) is 32.0 Å². The first-order valence-electron chi connectivity index (χ1n) is 28.4. The van der Waals surface area contributed by atoms with Gasteiger partial charge in [-0.3, -0.25) is 4.79 Å². The predicted molar refractivity (Wildman–Crippen MR) is 272 cm³/mol. The van der Waals surface area contributed by atoms with Gasteiger partial charge in [0.15, 0.2) is 12.6 Å². The van der Waals surface area contributed by atoms with E-state index in [1.807, 2.05) is 0 Å². The first kappa shape index (κ1) is 63.8. The molecule has 2 heterocycles. The third-order valence-corrected chi connectivity index (χ3v) is 14.2. The van der Waals surface area contributed by atoms with Crippen molar-refractivity contribution < 1.29 is 64.6 Å². The number of carbonyl (C=O) groups excluding carboxylic acids is 1. The van der Waals surface area contributed by atoms with Gasteiger partial charge in [-0.25, -0.2) is 0 Å². The van der Waals surface area contributed by atoms with Crippen LogP contribution in [0.1, 0.15) is 239 Å². The van der Waals surface area contributed by atoms with Crippen molar-refractivity contribution in [1.82, 2.24) is 5.32 Å². The number of unbranched alkanes of at least 4 members (excludes halogenated alkanes) is 30. The maximum atomic E-state index is 13.2. The lowest BCUT2D eigenvalue weighted by Gasteiger charge is -2.46. The number of aliphatic hydroxyl groups excluding tert-OH is 8. The Morgan fingerprint density at radius 3 is 1.42 bits per heavy atom. The molecule has 0 aliphatic carbocycles. The van der Waals surface area contributed by atoms with Gasteiger partial charge in [-0.2, -0.15) is 0 Å². The Morgan fingerprint density at radius 1 is 0.507 bits per heavy atom. The number of amides is 1. The van der Waals surface area contributed by atoms with Gasteiger partial charge >= 0.3 is 0 Å². The minimum Gasteiger partial charge on any atom is -0.394 e. The zero-order chi connectivity index (χ0) is 50.3. The topological polar surface area (TPSA) is 228 Å². The molecular formula is C55H105NO13. The van der Waals surface area contributed by atoms with E-state index in [4.69, 9.17) is 18.9 Å². The summed E-state index contributed by atoms with van der Waals surface area (Å²) in [7, 11) is 0. The van der Waals surface area contributed by atoms with Crippen molar-refractivity contribution in [3.8, 4) is 0 Å². The molecule has 14 heteroatoms. The highest BCUT2D eigenvalue weighted by Crippen LogP contribution is 2.30. The number of rotatable bonds is 45. The summed E-state index contributed by atoms with van der Waals surface area (Å²) in [6, 6.07) is -0.829. The predicted octanol–water partition coefficient (Wildman–Crippen LogP) is 8.72. The average Bonchev–Trinajstić information content (AvgIpc) is 3.35. The lowest BCUT2D eigenvalue weighted by Crippen LogP contribution is -2.65. The van der Waals surface area contributed by atoms with Crippen LogP contribution < -0.4 is 5.32 Å². The summed E-state index contributed by atoms with van der Waals surface area (Å²) in [4.78, 5) is 13.2. The molecule has 69 heavy (non-hydrogen) atoms. The SMILES string of the molecule is CCCC/C=C\CCCCCCCC(=O)NC(COC1OC(CO)C(OC2OC(CO)C(O)C(O)C2O)C(O)C1O)C(O)CCCCCCCCCCCCCCCCCCCCCCCCCC. The van der Waals surface area contributed by atoms with Crippen LogP contribution in [-0.2, 0) is 23.7 Å². The summed E-state index contributed by atoms with van der Waals surface area (Å²) in [5.74, 6) is -0.215. The molecule has 0 aromatic heterocycles. The van der Waals surface area contributed by atoms with Crippen LogP contribution in [0.4, 0.5) is 0 Å². The fraction of sp³-hybridized carbons (Fsp3) is 0.945. The molecular weight excluding hydrogens is 883 g/mol. The van der Waals surface area contributed by atoms with Crippen LogP contribution in [0, 0.1) is 0 Å². The third kappa shape index (κ3) is 28.7. The van der Waals surface area contributed by atoms with Crippen LogP contribution >= 0.6 is 0 Å². The molecule has 0 bridgehead atoms. The molecule has 2 fully saturated rings. The fourth-order valence-corrected chi connectivity index (χ4v) is 9.57. The van der Waals surface area contributed by atoms with Crippen LogP contribution in [0.15, 0.2) is 12.2 Å². The first-order chi connectivity index (χ1) is 33.6. The molecule has 12 atom stereocenters. The smallest absolute Gasteiger partial charge is 0.220 e. The minimum absolute atomic E-state index is 0.215. The van der Waals surface area contributed by atoms with Crippen molar-refractivity contribution in [2.75, 3.05) is 19.8 Å². The lowest BCUT2D eigenvalue weighted by molar-refractivity contribution is -0.359. The van der Waals surface area contributed by atoms with Crippen molar-refractivity contribution in [3.63, 3.8) is 0 Å². The molecule has 2 saturated heterocycles. The molecule has 2 aliphatic rings. The van der Waals surface area contributed by atoms with E-state index in [0.717, 1.165) is 64.2 Å². The molecule has 9 N–H and O–H groups in total. The van der Waals surface area contributed by atoms with Gasteiger partial charge < -0.3 is 65.1 Å². The summed E-state index contributed by atoms with van der Waals surface area (Å²) < 4.78 is 22.8. The third-order valence-electron chi connectivity index (χ3n) is 14.2. The number of aliphatic hydroxyl groups is 8. The number of hydrogen-bond acceptors (Lipinski definition) is 13. The second-order valence-electron chi connectivity index (χ2n) is 20.4. The van der Waals surface area contributed by atoms with Crippen molar-refractivity contribution >= 4 is 5.91 Å². The Kier molecular flexibility index (Phi) is 39.0. The molecule has 408 valence electrons. The van der Waals surface area contributed by atoms with Gasteiger partial charge in [0, 0.05) is 6.42 Å². The van der Waals surface area contributed by atoms with Crippen molar-refractivity contribution in [3.05, 3.63) is 12.2 Å². The summed E-state index contributed by atoms with van der Waals surface area (Å²) in [5, 5.41) is 87.0. The number of hydrogen-bond donors (Lipinski definition) is 9. The molecule has 0 saturated carbocycles. The monoisotopic (exact) mass is 988 g/mol. The molecule has 14 nitrogen and oxygen atoms in total. The van der Waals surface area contributed by atoms with Crippen LogP contribution in [-0.4, -0.2) is 140 Å². The highest BCUT2D eigenvalue weighted by molar-refractivity contribution is 5.76. The molecule has 0 aromatic carbocycles. The van der Waals surface area contributed by atoms with E-state index < -0.39 is 86.8 Å². The van der Waals surface area contributed by atoms with Crippen LogP contribution in [0.3, 0.4) is 0 Å². The zero-order valence-electron chi connectivity index (χ0n) is 43.6.